The van der Waals surface area contributed by atoms with E-state index < -0.39 is 10.1 Å². The first-order chi connectivity index (χ1) is 9.23. The molecule has 5 heteroatoms. The number of benzene rings is 2. The maximum Gasteiger partial charge on any atom is 0.296 e. The lowest BCUT2D eigenvalue weighted by atomic mass is 9.80. The molecule has 1 aliphatic rings. The van der Waals surface area contributed by atoms with Gasteiger partial charge in [-0.05, 0) is 29.3 Å². The third-order valence-corrected chi connectivity index (χ3v) is 4.94. The molecule has 0 atom stereocenters. The van der Waals surface area contributed by atoms with Crippen LogP contribution in [0.5, 0.6) is 0 Å². The fourth-order valence-electron chi connectivity index (χ4n) is 2.74. The van der Waals surface area contributed by atoms with Crippen LogP contribution in [0.3, 0.4) is 0 Å². The molecule has 0 unspecified atom stereocenters. The molecule has 0 aliphatic carbocycles. The summed E-state index contributed by atoms with van der Waals surface area (Å²) >= 11 is 0. The van der Waals surface area contributed by atoms with Gasteiger partial charge in [-0.25, -0.2) is 0 Å². The van der Waals surface area contributed by atoms with Gasteiger partial charge in [0.2, 0.25) is 0 Å². The molecule has 0 bridgehead atoms. The standard InChI is InChI=1S/C15H15NO3S/c1-9-15(2,3)13-11-7-5-4-6-10(11)8-12(14(13)16-9)20(17,18)19/h4-8H,1-3H3,(H,17,18,19). The van der Waals surface area contributed by atoms with Gasteiger partial charge in [0.1, 0.15) is 4.90 Å². The van der Waals surface area contributed by atoms with E-state index in [-0.39, 0.29) is 10.3 Å². The summed E-state index contributed by atoms with van der Waals surface area (Å²) in [6.07, 6.45) is 0. The molecule has 104 valence electrons. The zero-order chi connectivity index (χ0) is 14.7. The highest BCUT2D eigenvalue weighted by Crippen LogP contribution is 2.47. The molecule has 1 N–H and O–H groups in total. The zero-order valence-electron chi connectivity index (χ0n) is 11.5. The molecule has 0 saturated heterocycles. The van der Waals surface area contributed by atoms with E-state index in [1.165, 1.54) is 6.07 Å². The van der Waals surface area contributed by atoms with E-state index in [0.717, 1.165) is 22.0 Å². The van der Waals surface area contributed by atoms with Gasteiger partial charge >= 0.3 is 0 Å². The second-order valence-corrected chi connectivity index (χ2v) is 7.01. The molecular weight excluding hydrogens is 274 g/mol. The van der Waals surface area contributed by atoms with Crippen molar-refractivity contribution in [2.45, 2.75) is 31.1 Å². The van der Waals surface area contributed by atoms with Gasteiger partial charge in [0, 0.05) is 11.1 Å². The third kappa shape index (κ3) is 1.70. The summed E-state index contributed by atoms with van der Waals surface area (Å²) in [5.41, 5.74) is 1.72. The van der Waals surface area contributed by atoms with Crippen LogP contribution in [-0.4, -0.2) is 18.7 Å². The lowest BCUT2D eigenvalue weighted by molar-refractivity contribution is 0.483. The quantitative estimate of drug-likeness (QED) is 0.817. The molecule has 1 aliphatic heterocycles. The summed E-state index contributed by atoms with van der Waals surface area (Å²) in [6, 6.07) is 9.05. The van der Waals surface area contributed by atoms with Crippen molar-refractivity contribution >= 4 is 32.3 Å². The predicted molar refractivity (Wildman–Crippen MR) is 79.6 cm³/mol. The minimum Gasteiger partial charge on any atom is -0.282 e. The van der Waals surface area contributed by atoms with Crippen LogP contribution in [0, 0.1) is 0 Å². The summed E-state index contributed by atoms with van der Waals surface area (Å²) in [4.78, 5) is 4.28. The van der Waals surface area contributed by atoms with E-state index in [0.29, 0.717) is 5.69 Å². The van der Waals surface area contributed by atoms with E-state index in [2.05, 4.69) is 4.99 Å². The van der Waals surface area contributed by atoms with Crippen molar-refractivity contribution in [2.75, 3.05) is 0 Å². The van der Waals surface area contributed by atoms with E-state index in [9.17, 15) is 13.0 Å². The van der Waals surface area contributed by atoms with Crippen LogP contribution in [0.1, 0.15) is 26.3 Å². The second-order valence-electron chi connectivity index (χ2n) is 5.62. The molecule has 0 aromatic heterocycles. The van der Waals surface area contributed by atoms with Gasteiger partial charge in [-0.15, -0.1) is 0 Å². The molecule has 0 saturated carbocycles. The highest BCUT2D eigenvalue weighted by Gasteiger charge is 2.37. The Balaban J connectivity index is 2.56. The average molecular weight is 289 g/mol. The van der Waals surface area contributed by atoms with Gasteiger partial charge in [-0.3, -0.25) is 9.55 Å². The Kier molecular flexibility index (Phi) is 2.59. The van der Waals surface area contributed by atoms with Crippen LogP contribution < -0.4 is 0 Å². The third-order valence-electron chi connectivity index (χ3n) is 4.07. The Labute approximate surface area is 117 Å². The van der Waals surface area contributed by atoms with Crippen molar-refractivity contribution < 1.29 is 13.0 Å². The van der Waals surface area contributed by atoms with Crippen molar-refractivity contribution in [3.05, 3.63) is 35.9 Å². The molecular formula is C15H15NO3S. The topological polar surface area (TPSA) is 66.7 Å². The van der Waals surface area contributed by atoms with Crippen molar-refractivity contribution in [3.63, 3.8) is 0 Å². The molecule has 0 amide bonds. The SMILES string of the molecule is CC1=Nc2c(S(=O)(=O)O)cc3ccccc3c2C1(C)C. The molecule has 0 fully saturated rings. The molecule has 2 aromatic carbocycles. The smallest absolute Gasteiger partial charge is 0.282 e. The second kappa shape index (κ2) is 3.90. The first-order valence-corrected chi connectivity index (χ1v) is 7.76. The molecule has 4 nitrogen and oxygen atoms in total. The molecule has 3 rings (SSSR count). The van der Waals surface area contributed by atoms with Crippen molar-refractivity contribution in [2.24, 2.45) is 4.99 Å². The van der Waals surface area contributed by atoms with Gasteiger partial charge in [-0.2, -0.15) is 8.42 Å². The fraction of sp³-hybridized carbons (Fsp3) is 0.267. The van der Waals surface area contributed by atoms with Crippen molar-refractivity contribution in [1.82, 2.24) is 0 Å². The monoisotopic (exact) mass is 289 g/mol. The Morgan fingerprint density at radius 3 is 2.50 bits per heavy atom. The molecule has 1 heterocycles. The number of aliphatic imine (C=N–C) groups is 1. The highest BCUT2D eigenvalue weighted by atomic mass is 32.2. The van der Waals surface area contributed by atoms with Gasteiger partial charge in [0.15, 0.2) is 0 Å². The maximum atomic E-state index is 11.6. The van der Waals surface area contributed by atoms with Crippen LogP contribution in [0.4, 0.5) is 5.69 Å². The highest BCUT2D eigenvalue weighted by molar-refractivity contribution is 7.86. The minimum absolute atomic E-state index is 0.115. The van der Waals surface area contributed by atoms with E-state index >= 15 is 0 Å². The molecule has 2 aromatic rings. The Morgan fingerprint density at radius 1 is 1.20 bits per heavy atom. The Bertz CT molecular complexity index is 864. The van der Waals surface area contributed by atoms with Crippen LogP contribution in [0.2, 0.25) is 0 Å². The fourth-order valence-corrected chi connectivity index (χ4v) is 3.41. The average Bonchev–Trinajstić information content (AvgIpc) is 2.59. The van der Waals surface area contributed by atoms with Gasteiger partial charge in [0.25, 0.3) is 10.1 Å². The van der Waals surface area contributed by atoms with Crippen LogP contribution in [0.15, 0.2) is 40.2 Å². The van der Waals surface area contributed by atoms with Crippen molar-refractivity contribution in [3.8, 4) is 0 Å². The number of rotatable bonds is 1. The molecule has 20 heavy (non-hydrogen) atoms. The van der Waals surface area contributed by atoms with Crippen LogP contribution in [0.25, 0.3) is 10.8 Å². The largest absolute Gasteiger partial charge is 0.296 e. The zero-order valence-corrected chi connectivity index (χ0v) is 12.3. The predicted octanol–water partition coefficient (Wildman–Crippen LogP) is 3.47. The first-order valence-electron chi connectivity index (χ1n) is 6.32. The van der Waals surface area contributed by atoms with E-state index in [4.69, 9.17) is 0 Å². The van der Waals surface area contributed by atoms with Gasteiger partial charge < -0.3 is 0 Å². The molecule has 0 radical (unpaired) electrons. The summed E-state index contributed by atoms with van der Waals surface area (Å²) in [7, 11) is -4.30. The first kappa shape index (κ1) is 13.3. The Morgan fingerprint density at radius 2 is 1.85 bits per heavy atom. The molecule has 0 spiro atoms. The normalized spacial score (nSPS) is 17.1. The maximum absolute atomic E-state index is 11.6. The number of fused-ring (bicyclic) bond motifs is 3. The summed E-state index contributed by atoms with van der Waals surface area (Å²) in [6.45, 7) is 5.90. The summed E-state index contributed by atoms with van der Waals surface area (Å²) < 4.78 is 32.8. The Hall–Kier alpha value is -1.72. The number of hydrogen-bond donors (Lipinski definition) is 1. The lowest BCUT2D eigenvalue weighted by Crippen LogP contribution is -2.23. The summed E-state index contributed by atoms with van der Waals surface area (Å²) in [5, 5.41) is 1.76. The van der Waals surface area contributed by atoms with Crippen molar-refractivity contribution in [1.29, 1.82) is 0 Å². The van der Waals surface area contributed by atoms with Crippen LogP contribution in [-0.2, 0) is 15.5 Å². The van der Waals surface area contributed by atoms with E-state index in [1.807, 2.05) is 45.0 Å². The number of nitrogens with zero attached hydrogens (tertiary/aromatic N) is 1. The van der Waals surface area contributed by atoms with Crippen LogP contribution >= 0.6 is 0 Å². The minimum atomic E-state index is -4.30. The summed E-state index contributed by atoms with van der Waals surface area (Å²) in [5.74, 6) is 0. The lowest BCUT2D eigenvalue weighted by Gasteiger charge is -2.22. The van der Waals surface area contributed by atoms with Gasteiger partial charge in [0.05, 0.1) is 5.69 Å². The van der Waals surface area contributed by atoms with Gasteiger partial charge in [-0.1, -0.05) is 38.1 Å². The number of hydrogen-bond acceptors (Lipinski definition) is 3. The van der Waals surface area contributed by atoms with E-state index in [1.54, 1.807) is 0 Å².